The molecule has 0 bridgehead atoms. The maximum Gasteiger partial charge on any atom is 0.110 e. The molecule has 6 nitrogen and oxygen atoms in total. The molecule has 1 aliphatic rings. The zero-order valence-electron chi connectivity index (χ0n) is 16.3. The number of hydrogen-bond acceptors (Lipinski definition) is 3. The van der Waals surface area contributed by atoms with Crippen LogP contribution in [-0.4, -0.2) is 29.7 Å². The monoisotopic (exact) mass is 372 g/mol. The van der Waals surface area contributed by atoms with E-state index < -0.39 is 0 Å². The molecular formula is C22H24N6. The van der Waals surface area contributed by atoms with Crippen molar-refractivity contribution in [1.29, 1.82) is 0 Å². The van der Waals surface area contributed by atoms with Crippen molar-refractivity contribution >= 4 is 0 Å². The van der Waals surface area contributed by atoms with Gasteiger partial charge in [-0.1, -0.05) is 37.3 Å². The van der Waals surface area contributed by atoms with Gasteiger partial charge in [0.25, 0.3) is 0 Å². The summed E-state index contributed by atoms with van der Waals surface area (Å²) in [6.07, 6.45) is 6.22. The van der Waals surface area contributed by atoms with Crippen molar-refractivity contribution in [2.45, 2.75) is 46.1 Å². The van der Waals surface area contributed by atoms with Gasteiger partial charge < -0.3 is 9.55 Å². The number of benzene rings is 1. The lowest BCUT2D eigenvalue weighted by Crippen LogP contribution is -2.04. The smallest absolute Gasteiger partial charge is 0.110 e. The second kappa shape index (κ2) is 6.78. The van der Waals surface area contributed by atoms with E-state index in [0.29, 0.717) is 6.54 Å². The molecule has 3 aromatic heterocycles. The Hall–Kier alpha value is -3.15. The molecule has 5 rings (SSSR count). The molecule has 28 heavy (non-hydrogen) atoms. The summed E-state index contributed by atoms with van der Waals surface area (Å²) in [5, 5.41) is 7.82. The molecule has 1 aromatic carbocycles. The number of imidazole rings is 2. The van der Waals surface area contributed by atoms with Gasteiger partial charge in [-0.3, -0.25) is 5.10 Å². The number of nitrogens with one attached hydrogen (secondary N) is 2. The number of aromatic amines is 2. The Morgan fingerprint density at radius 3 is 2.75 bits per heavy atom. The van der Waals surface area contributed by atoms with E-state index in [-0.39, 0.29) is 0 Å². The molecule has 4 aromatic rings. The number of rotatable bonds is 5. The maximum absolute atomic E-state index is 4.87. The van der Waals surface area contributed by atoms with Crippen LogP contribution in [0.2, 0.25) is 0 Å². The second-order valence-corrected chi connectivity index (χ2v) is 7.43. The van der Waals surface area contributed by atoms with Gasteiger partial charge in [0.1, 0.15) is 11.5 Å². The van der Waals surface area contributed by atoms with Crippen LogP contribution in [-0.2, 0) is 25.8 Å². The average molecular weight is 372 g/mol. The molecule has 0 spiro atoms. The predicted molar refractivity (Wildman–Crippen MR) is 109 cm³/mol. The quantitative estimate of drug-likeness (QED) is 0.554. The van der Waals surface area contributed by atoms with Crippen LogP contribution in [0.4, 0.5) is 0 Å². The Balaban J connectivity index is 1.64. The van der Waals surface area contributed by atoms with E-state index >= 15 is 0 Å². The minimum absolute atomic E-state index is 0.703. The summed E-state index contributed by atoms with van der Waals surface area (Å²) in [7, 11) is 0. The molecule has 0 saturated heterocycles. The summed E-state index contributed by atoms with van der Waals surface area (Å²) in [6, 6.07) is 10.3. The molecule has 3 heterocycles. The highest BCUT2D eigenvalue weighted by molar-refractivity contribution is 5.78. The summed E-state index contributed by atoms with van der Waals surface area (Å²) < 4.78 is 2.19. The summed E-state index contributed by atoms with van der Waals surface area (Å²) in [6.45, 7) is 4.90. The lowest BCUT2D eigenvalue weighted by molar-refractivity contribution is 0.750. The normalized spacial score (nSPS) is 13.2. The first-order valence-corrected chi connectivity index (χ1v) is 9.96. The van der Waals surface area contributed by atoms with Crippen molar-refractivity contribution in [3.05, 3.63) is 65.1 Å². The highest BCUT2D eigenvalue weighted by atomic mass is 15.2. The average Bonchev–Trinajstić information content (AvgIpc) is 3.48. The Morgan fingerprint density at radius 1 is 1.11 bits per heavy atom. The van der Waals surface area contributed by atoms with Crippen molar-refractivity contribution in [3.63, 3.8) is 0 Å². The van der Waals surface area contributed by atoms with E-state index in [1.54, 1.807) is 0 Å². The van der Waals surface area contributed by atoms with Crippen LogP contribution in [0.3, 0.4) is 0 Å². The molecule has 1 aliphatic carbocycles. The summed E-state index contributed by atoms with van der Waals surface area (Å²) in [4.78, 5) is 13.1. The maximum atomic E-state index is 4.87. The Labute approximate surface area is 164 Å². The fraction of sp³-hybridized carbons (Fsp3) is 0.318. The van der Waals surface area contributed by atoms with Crippen LogP contribution < -0.4 is 0 Å². The van der Waals surface area contributed by atoms with E-state index in [0.717, 1.165) is 59.1 Å². The van der Waals surface area contributed by atoms with E-state index in [2.05, 4.69) is 45.7 Å². The molecule has 0 aliphatic heterocycles. The van der Waals surface area contributed by atoms with Crippen molar-refractivity contribution in [1.82, 2.24) is 29.7 Å². The Bertz CT molecular complexity index is 1120. The Morgan fingerprint density at radius 2 is 1.96 bits per heavy atom. The number of aromatic nitrogens is 6. The topological polar surface area (TPSA) is 75.2 Å². The molecule has 0 fully saturated rings. The number of hydrogen-bond donors (Lipinski definition) is 2. The van der Waals surface area contributed by atoms with Crippen molar-refractivity contribution < 1.29 is 0 Å². The second-order valence-electron chi connectivity index (χ2n) is 7.43. The van der Waals surface area contributed by atoms with Crippen LogP contribution in [0.5, 0.6) is 0 Å². The molecule has 0 saturated carbocycles. The van der Waals surface area contributed by atoms with Gasteiger partial charge in [0.05, 0.1) is 30.0 Å². The number of H-pyrrole nitrogens is 2. The molecule has 0 atom stereocenters. The molecule has 142 valence electrons. The van der Waals surface area contributed by atoms with Gasteiger partial charge in [0.15, 0.2) is 0 Å². The third-order valence-corrected chi connectivity index (χ3v) is 5.59. The van der Waals surface area contributed by atoms with Gasteiger partial charge in [-0.05, 0) is 31.7 Å². The zero-order valence-corrected chi connectivity index (χ0v) is 16.3. The summed E-state index contributed by atoms with van der Waals surface area (Å²) >= 11 is 0. The van der Waals surface area contributed by atoms with E-state index in [1.165, 1.54) is 17.7 Å². The number of nitrogens with zero attached hydrogens (tertiary/aromatic N) is 4. The van der Waals surface area contributed by atoms with Gasteiger partial charge in [-0.15, -0.1) is 0 Å². The first kappa shape index (κ1) is 17.0. The van der Waals surface area contributed by atoms with Crippen LogP contribution in [0.1, 0.15) is 41.8 Å². The van der Waals surface area contributed by atoms with E-state index in [4.69, 9.17) is 9.97 Å². The minimum atomic E-state index is 0.703. The lowest BCUT2D eigenvalue weighted by atomic mass is 10.1. The molecule has 2 N–H and O–H groups in total. The van der Waals surface area contributed by atoms with Crippen LogP contribution in [0.25, 0.3) is 22.6 Å². The van der Waals surface area contributed by atoms with Crippen molar-refractivity contribution in [3.8, 4) is 22.6 Å². The predicted octanol–water partition coefficient (Wildman–Crippen LogP) is 4.07. The first-order chi connectivity index (χ1) is 13.7. The number of aryl methyl sites for hydroxylation is 3. The minimum Gasteiger partial charge on any atom is -0.346 e. The van der Waals surface area contributed by atoms with Gasteiger partial charge >= 0.3 is 0 Å². The fourth-order valence-corrected chi connectivity index (χ4v) is 4.16. The van der Waals surface area contributed by atoms with Gasteiger partial charge in [-0.25, -0.2) is 9.97 Å². The summed E-state index contributed by atoms with van der Waals surface area (Å²) in [5.74, 6) is 1.000. The molecule has 6 heteroatoms. The SMILES string of the molecule is CCc1nc(-c2c(-c3ccccc3)ncn2Cc2n[nH]c3c2CCC3)c(C)[nH]1. The largest absolute Gasteiger partial charge is 0.346 e. The number of fused-ring (bicyclic) bond motifs is 1. The Kier molecular flexibility index (Phi) is 4.11. The fourth-order valence-electron chi connectivity index (χ4n) is 4.16. The third kappa shape index (κ3) is 2.76. The van der Waals surface area contributed by atoms with E-state index in [9.17, 15) is 0 Å². The molecule has 0 unspecified atom stereocenters. The van der Waals surface area contributed by atoms with Crippen LogP contribution >= 0.6 is 0 Å². The van der Waals surface area contributed by atoms with Crippen molar-refractivity contribution in [2.75, 3.05) is 0 Å². The van der Waals surface area contributed by atoms with Crippen molar-refractivity contribution in [2.24, 2.45) is 0 Å². The van der Waals surface area contributed by atoms with Gasteiger partial charge in [0, 0.05) is 23.4 Å². The highest BCUT2D eigenvalue weighted by Gasteiger charge is 2.23. The molecule has 0 radical (unpaired) electrons. The highest BCUT2D eigenvalue weighted by Crippen LogP contribution is 2.33. The van der Waals surface area contributed by atoms with Gasteiger partial charge in [0.2, 0.25) is 0 Å². The molecule has 0 amide bonds. The van der Waals surface area contributed by atoms with E-state index in [1.807, 2.05) is 24.5 Å². The zero-order chi connectivity index (χ0) is 19.1. The van der Waals surface area contributed by atoms with Gasteiger partial charge in [-0.2, -0.15) is 5.10 Å². The lowest BCUT2D eigenvalue weighted by Gasteiger charge is -2.09. The standard InChI is InChI=1S/C22H24N6/c1-3-19-24-14(2)20(25-19)22-21(15-8-5-4-6-9-15)23-13-28(22)12-18-16-10-7-11-17(16)26-27-18/h4-6,8-9,13H,3,7,10-12H2,1-2H3,(H,24,25)(H,26,27). The van der Waals surface area contributed by atoms with Crippen LogP contribution in [0.15, 0.2) is 36.7 Å². The third-order valence-electron chi connectivity index (χ3n) is 5.59. The molecular weight excluding hydrogens is 348 g/mol. The first-order valence-electron chi connectivity index (χ1n) is 9.96. The van der Waals surface area contributed by atoms with Crippen LogP contribution in [0, 0.1) is 6.92 Å². The summed E-state index contributed by atoms with van der Waals surface area (Å²) in [5.41, 5.74) is 8.96.